The summed E-state index contributed by atoms with van der Waals surface area (Å²) in [6, 6.07) is -0.719. The van der Waals surface area contributed by atoms with Crippen molar-refractivity contribution in [3.8, 4) is 0 Å². The van der Waals surface area contributed by atoms with Gasteiger partial charge in [0, 0.05) is 6.54 Å². The molecule has 0 aliphatic carbocycles. The molecule has 0 saturated heterocycles. The monoisotopic (exact) mass is 298 g/mol. The Kier molecular flexibility index (Phi) is 9.58. The molecule has 0 aliphatic rings. The molecule has 0 aliphatic heterocycles. The van der Waals surface area contributed by atoms with Crippen LogP contribution in [0.4, 0.5) is 13.2 Å². The highest BCUT2D eigenvalue weighted by molar-refractivity contribution is 5.76. The summed E-state index contributed by atoms with van der Waals surface area (Å²) in [5, 5.41) is 2.95. The van der Waals surface area contributed by atoms with Gasteiger partial charge in [0.2, 0.25) is 0 Å². The van der Waals surface area contributed by atoms with E-state index in [0.29, 0.717) is 19.5 Å². The second kappa shape index (κ2) is 9.99. The lowest BCUT2D eigenvalue weighted by atomic mass is 10.2. The van der Waals surface area contributed by atoms with Crippen molar-refractivity contribution >= 4 is 5.97 Å². The molecule has 0 aromatic heterocycles. The first-order valence-electron chi connectivity index (χ1n) is 7.03. The van der Waals surface area contributed by atoms with Crippen molar-refractivity contribution in [3.05, 3.63) is 0 Å². The lowest BCUT2D eigenvalue weighted by Crippen LogP contribution is -2.49. The van der Waals surface area contributed by atoms with Gasteiger partial charge < -0.3 is 10.1 Å². The molecule has 0 heterocycles. The molecule has 0 aromatic carbocycles. The van der Waals surface area contributed by atoms with Gasteiger partial charge >= 0.3 is 12.1 Å². The third-order valence-corrected chi connectivity index (χ3v) is 2.60. The fourth-order valence-corrected chi connectivity index (χ4v) is 1.85. The minimum atomic E-state index is -4.26. The van der Waals surface area contributed by atoms with E-state index in [0.717, 1.165) is 6.42 Å². The van der Waals surface area contributed by atoms with Gasteiger partial charge in [0.05, 0.1) is 13.2 Å². The Bertz CT molecular complexity index is 273. The molecule has 0 bridgehead atoms. The number of rotatable bonds is 10. The van der Waals surface area contributed by atoms with Crippen molar-refractivity contribution in [1.29, 1.82) is 0 Å². The van der Waals surface area contributed by atoms with E-state index in [1.54, 1.807) is 6.92 Å². The summed E-state index contributed by atoms with van der Waals surface area (Å²) >= 11 is 0. The summed E-state index contributed by atoms with van der Waals surface area (Å²) in [6.45, 7) is 5.48. The lowest BCUT2D eigenvalue weighted by Gasteiger charge is -2.27. The number of ether oxygens (including phenoxy) is 1. The van der Waals surface area contributed by atoms with Gasteiger partial charge in [0.1, 0.15) is 6.04 Å². The van der Waals surface area contributed by atoms with Crippen molar-refractivity contribution in [2.45, 2.75) is 45.8 Å². The van der Waals surface area contributed by atoms with Gasteiger partial charge in [0.25, 0.3) is 0 Å². The fraction of sp³-hybridized carbons (Fsp3) is 0.923. The molecule has 1 atom stereocenters. The topological polar surface area (TPSA) is 41.6 Å². The Hall–Kier alpha value is -0.820. The quantitative estimate of drug-likeness (QED) is 0.628. The van der Waals surface area contributed by atoms with Crippen LogP contribution in [0.5, 0.6) is 0 Å². The smallest absolute Gasteiger partial charge is 0.401 e. The third-order valence-electron chi connectivity index (χ3n) is 2.60. The van der Waals surface area contributed by atoms with E-state index in [-0.39, 0.29) is 13.2 Å². The van der Waals surface area contributed by atoms with Gasteiger partial charge in [-0.25, -0.2) is 0 Å². The average molecular weight is 298 g/mol. The zero-order valence-electron chi connectivity index (χ0n) is 12.4. The predicted molar refractivity (Wildman–Crippen MR) is 71.5 cm³/mol. The van der Waals surface area contributed by atoms with Crippen molar-refractivity contribution in [1.82, 2.24) is 10.2 Å². The number of nitrogens with zero attached hydrogens (tertiary/aromatic N) is 1. The van der Waals surface area contributed by atoms with E-state index in [1.165, 1.54) is 4.90 Å². The fourth-order valence-electron chi connectivity index (χ4n) is 1.85. The van der Waals surface area contributed by atoms with Crippen molar-refractivity contribution < 1.29 is 22.7 Å². The number of nitrogens with one attached hydrogen (secondary N) is 1. The molecule has 1 N–H and O–H groups in total. The summed E-state index contributed by atoms with van der Waals surface area (Å²) in [5.41, 5.74) is 0. The SMILES string of the molecule is CCCNC(CN(CCC)CC(F)(F)F)C(=O)OCC. The molecule has 0 saturated carbocycles. The normalized spacial score (nSPS) is 13.6. The van der Waals surface area contributed by atoms with Crippen LogP contribution < -0.4 is 5.32 Å². The van der Waals surface area contributed by atoms with Crippen LogP contribution >= 0.6 is 0 Å². The molecule has 4 nitrogen and oxygen atoms in total. The van der Waals surface area contributed by atoms with Crippen LogP contribution in [0.15, 0.2) is 0 Å². The standard InChI is InChI=1S/C13H25F3N2O2/c1-4-7-17-11(12(19)20-6-3)9-18(8-5-2)10-13(14,15)16/h11,17H,4-10H2,1-3H3. The van der Waals surface area contributed by atoms with Crippen LogP contribution in [0, 0.1) is 0 Å². The van der Waals surface area contributed by atoms with Crippen LogP contribution in [-0.2, 0) is 9.53 Å². The molecule has 0 radical (unpaired) electrons. The van der Waals surface area contributed by atoms with E-state index in [9.17, 15) is 18.0 Å². The Morgan fingerprint density at radius 1 is 1.25 bits per heavy atom. The summed E-state index contributed by atoms with van der Waals surface area (Å²) in [6.07, 6.45) is -2.87. The Morgan fingerprint density at radius 3 is 2.35 bits per heavy atom. The summed E-state index contributed by atoms with van der Waals surface area (Å²) in [4.78, 5) is 13.0. The first-order chi connectivity index (χ1) is 9.34. The Labute approximate surface area is 118 Å². The van der Waals surface area contributed by atoms with E-state index in [1.807, 2.05) is 13.8 Å². The van der Waals surface area contributed by atoms with Crippen molar-refractivity contribution in [2.24, 2.45) is 0 Å². The third kappa shape index (κ3) is 9.14. The van der Waals surface area contributed by atoms with Gasteiger partial charge in [-0.2, -0.15) is 13.2 Å². The molecule has 0 rings (SSSR count). The van der Waals surface area contributed by atoms with E-state index < -0.39 is 24.7 Å². The van der Waals surface area contributed by atoms with Crippen LogP contribution in [0.2, 0.25) is 0 Å². The van der Waals surface area contributed by atoms with Crippen molar-refractivity contribution in [2.75, 3.05) is 32.8 Å². The number of carbonyl (C=O) groups is 1. The highest BCUT2D eigenvalue weighted by atomic mass is 19.4. The van der Waals surface area contributed by atoms with Gasteiger partial charge in [-0.05, 0) is 32.9 Å². The van der Waals surface area contributed by atoms with Gasteiger partial charge in [-0.1, -0.05) is 13.8 Å². The number of hydrogen-bond acceptors (Lipinski definition) is 4. The average Bonchev–Trinajstić information content (AvgIpc) is 2.32. The minimum absolute atomic E-state index is 0.00613. The minimum Gasteiger partial charge on any atom is -0.465 e. The second-order valence-corrected chi connectivity index (χ2v) is 4.61. The summed E-state index contributed by atoms with van der Waals surface area (Å²) < 4.78 is 42.4. The van der Waals surface area contributed by atoms with E-state index in [2.05, 4.69) is 5.32 Å². The first kappa shape index (κ1) is 19.2. The molecule has 0 spiro atoms. The Balaban J connectivity index is 4.64. The van der Waals surface area contributed by atoms with Crippen molar-refractivity contribution in [3.63, 3.8) is 0 Å². The van der Waals surface area contributed by atoms with Crippen LogP contribution in [-0.4, -0.2) is 55.9 Å². The number of carbonyl (C=O) groups excluding carboxylic acids is 1. The zero-order chi connectivity index (χ0) is 15.6. The molecule has 0 amide bonds. The Morgan fingerprint density at radius 2 is 1.90 bits per heavy atom. The molecular weight excluding hydrogens is 273 g/mol. The number of alkyl halides is 3. The zero-order valence-corrected chi connectivity index (χ0v) is 12.4. The maximum atomic E-state index is 12.5. The van der Waals surface area contributed by atoms with Gasteiger partial charge in [-0.15, -0.1) is 0 Å². The largest absolute Gasteiger partial charge is 0.465 e. The van der Waals surface area contributed by atoms with Gasteiger partial charge in [-0.3, -0.25) is 9.69 Å². The highest BCUT2D eigenvalue weighted by Gasteiger charge is 2.32. The lowest BCUT2D eigenvalue weighted by molar-refractivity contribution is -0.154. The molecule has 7 heteroatoms. The first-order valence-corrected chi connectivity index (χ1v) is 7.03. The summed E-state index contributed by atoms with van der Waals surface area (Å²) in [5.74, 6) is -0.496. The molecule has 1 unspecified atom stereocenters. The molecular formula is C13H25F3N2O2. The molecule has 120 valence electrons. The van der Waals surface area contributed by atoms with Crippen LogP contribution in [0.1, 0.15) is 33.6 Å². The van der Waals surface area contributed by atoms with Crippen LogP contribution in [0.3, 0.4) is 0 Å². The number of halogens is 3. The maximum Gasteiger partial charge on any atom is 0.401 e. The molecule has 20 heavy (non-hydrogen) atoms. The second-order valence-electron chi connectivity index (χ2n) is 4.61. The maximum absolute atomic E-state index is 12.5. The molecule has 0 fully saturated rings. The summed E-state index contributed by atoms with van der Waals surface area (Å²) in [7, 11) is 0. The number of esters is 1. The number of hydrogen-bond donors (Lipinski definition) is 1. The van der Waals surface area contributed by atoms with E-state index in [4.69, 9.17) is 4.74 Å². The highest BCUT2D eigenvalue weighted by Crippen LogP contribution is 2.17. The van der Waals surface area contributed by atoms with E-state index >= 15 is 0 Å². The predicted octanol–water partition coefficient (Wildman–Crippen LogP) is 2.19. The van der Waals surface area contributed by atoms with Crippen LogP contribution in [0.25, 0.3) is 0 Å². The van der Waals surface area contributed by atoms with Gasteiger partial charge in [0.15, 0.2) is 0 Å². The molecule has 0 aromatic rings.